The van der Waals surface area contributed by atoms with Crippen LogP contribution in [0.15, 0.2) is 23.3 Å². The van der Waals surface area contributed by atoms with Crippen molar-refractivity contribution in [3.8, 4) is 0 Å². The van der Waals surface area contributed by atoms with Crippen molar-refractivity contribution in [2.75, 3.05) is 0 Å². The molecule has 0 aliphatic heterocycles. The molecule has 1 aliphatic carbocycles. The van der Waals surface area contributed by atoms with Crippen molar-refractivity contribution in [1.82, 2.24) is 0 Å². The second-order valence-corrected chi connectivity index (χ2v) is 5.49. The smallest absolute Gasteiger partial charge is 0.00755 e. The summed E-state index contributed by atoms with van der Waals surface area (Å²) < 4.78 is 0. The Morgan fingerprint density at radius 1 is 0.933 bits per heavy atom. The van der Waals surface area contributed by atoms with Gasteiger partial charge in [-0.25, -0.2) is 0 Å². The SMILES string of the molecule is CCC(C)C1=CC=C(C(C)CC)C1(C)C. The Balaban J connectivity index is 2.88. The lowest BCUT2D eigenvalue weighted by molar-refractivity contribution is 0.416. The third kappa shape index (κ3) is 2.19. The lowest BCUT2D eigenvalue weighted by Crippen LogP contribution is -2.22. The standard InChI is InChI=1S/C15H26/c1-7-11(3)13-9-10-14(12(4)8-2)15(13,5)6/h9-12H,7-8H2,1-6H3. The van der Waals surface area contributed by atoms with Gasteiger partial charge in [-0.3, -0.25) is 0 Å². The molecule has 0 heteroatoms. The third-order valence-corrected chi connectivity index (χ3v) is 4.17. The Morgan fingerprint density at radius 2 is 1.27 bits per heavy atom. The van der Waals surface area contributed by atoms with Gasteiger partial charge in [-0.05, 0) is 24.7 Å². The van der Waals surface area contributed by atoms with Gasteiger partial charge in [-0.1, -0.05) is 64.8 Å². The topological polar surface area (TPSA) is 0 Å². The lowest BCUT2D eigenvalue weighted by atomic mass is 9.71. The summed E-state index contributed by atoms with van der Waals surface area (Å²) in [5.41, 5.74) is 3.55. The molecule has 0 heterocycles. The molecule has 0 radical (unpaired) electrons. The first-order chi connectivity index (χ1) is 6.95. The van der Waals surface area contributed by atoms with Crippen LogP contribution in [0.2, 0.25) is 0 Å². The van der Waals surface area contributed by atoms with Crippen molar-refractivity contribution < 1.29 is 0 Å². The summed E-state index contributed by atoms with van der Waals surface area (Å²) >= 11 is 0. The molecule has 2 atom stereocenters. The van der Waals surface area contributed by atoms with E-state index in [1.807, 2.05) is 0 Å². The molecule has 0 bridgehead atoms. The highest BCUT2D eigenvalue weighted by atomic mass is 14.4. The van der Waals surface area contributed by atoms with E-state index in [9.17, 15) is 0 Å². The fourth-order valence-electron chi connectivity index (χ4n) is 2.76. The Morgan fingerprint density at radius 3 is 1.53 bits per heavy atom. The molecular weight excluding hydrogens is 180 g/mol. The molecule has 0 aromatic heterocycles. The lowest BCUT2D eigenvalue weighted by Gasteiger charge is -2.33. The van der Waals surface area contributed by atoms with Gasteiger partial charge in [-0.2, -0.15) is 0 Å². The molecule has 1 rings (SSSR count). The van der Waals surface area contributed by atoms with Crippen LogP contribution < -0.4 is 0 Å². The summed E-state index contributed by atoms with van der Waals surface area (Å²) in [6.45, 7) is 14.0. The van der Waals surface area contributed by atoms with Crippen molar-refractivity contribution in [1.29, 1.82) is 0 Å². The van der Waals surface area contributed by atoms with Gasteiger partial charge < -0.3 is 0 Å². The van der Waals surface area contributed by atoms with Gasteiger partial charge in [0.2, 0.25) is 0 Å². The molecule has 15 heavy (non-hydrogen) atoms. The molecule has 0 saturated carbocycles. The van der Waals surface area contributed by atoms with Crippen LogP contribution in [-0.2, 0) is 0 Å². The fraction of sp³-hybridized carbons (Fsp3) is 0.733. The van der Waals surface area contributed by atoms with Gasteiger partial charge >= 0.3 is 0 Å². The molecule has 0 N–H and O–H groups in total. The van der Waals surface area contributed by atoms with Crippen molar-refractivity contribution in [3.63, 3.8) is 0 Å². The summed E-state index contributed by atoms with van der Waals surface area (Å²) in [6, 6.07) is 0. The largest absolute Gasteiger partial charge is 0.0648 e. The summed E-state index contributed by atoms with van der Waals surface area (Å²) in [7, 11) is 0. The van der Waals surface area contributed by atoms with E-state index in [-0.39, 0.29) is 0 Å². The predicted molar refractivity (Wildman–Crippen MR) is 68.9 cm³/mol. The number of rotatable bonds is 4. The summed E-state index contributed by atoms with van der Waals surface area (Å²) in [6.07, 6.45) is 7.24. The van der Waals surface area contributed by atoms with Gasteiger partial charge in [-0.15, -0.1) is 0 Å². The Kier molecular flexibility index (Phi) is 3.81. The molecule has 0 aromatic rings. The quantitative estimate of drug-likeness (QED) is 0.609. The first-order valence-corrected chi connectivity index (χ1v) is 6.37. The van der Waals surface area contributed by atoms with Crippen molar-refractivity contribution in [2.24, 2.45) is 17.3 Å². The van der Waals surface area contributed by atoms with E-state index in [1.165, 1.54) is 12.8 Å². The third-order valence-electron chi connectivity index (χ3n) is 4.17. The minimum absolute atomic E-state index is 0.296. The van der Waals surface area contributed by atoms with Crippen LogP contribution in [0.3, 0.4) is 0 Å². The van der Waals surface area contributed by atoms with Crippen molar-refractivity contribution in [2.45, 2.75) is 54.4 Å². The van der Waals surface area contributed by atoms with Crippen LogP contribution in [0.4, 0.5) is 0 Å². The molecule has 86 valence electrons. The highest BCUT2D eigenvalue weighted by molar-refractivity contribution is 5.41. The highest BCUT2D eigenvalue weighted by Gasteiger charge is 2.34. The molecule has 0 aromatic carbocycles. The summed E-state index contributed by atoms with van der Waals surface area (Å²) in [5, 5.41) is 0. The second kappa shape index (κ2) is 4.55. The highest BCUT2D eigenvalue weighted by Crippen LogP contribution is 2.47. The summed E-state index contributed by atoms with van der Waals surface area (Å²) in [4.78, 5) is 0. The Hall–Kier alpha value is -0.520. The molecule has 2 unspecified atom stereocenters. The van der Waals surface area contributed by atoms with Gasteiger partial charge in [0.25, 0.3) is 0 Å². The molecule has 0 amide bonds. The average Bonchev–Trinajstić information content (AvgIpc) is 2.51. The number of hydrogen-bond donors (Lipinski definition) is 0. The number of allylic oxidation sites excluding steroid dienone is 4. The van der Waals surface area contributed by atoms with Crippen molar-refractivity contribution >= 4 is 0 Å². The maximum Gasteiger partial charge on any atom is 0.00755 e. The van der Waals surface area contributed by atoms with Gasteiger partial charge in [0, 0.05) is 5.41 Å². The zero-order valence-corrected chi connectivity index (χ0v) is 11.2. The van der Waals surface area contributed by atoms with Gasteiger partial charge in [0.05, 0.1) is 0 Å². The molecular formula is C15H26. The van der Waals surface area contributed by atoms with Crippen LogP contribution in [0.25, 0.3) is 0 Å². The van der Waals surface area contributed by atoms with E-state index in [0.29, 0.717) is 5.41 Å². The predicted octanol–water partition coefficient (Wildman–Crippen LogP) is 4.97. The first-order valence-electron chi connectivity index (χ1n) is 6.37. The van der Waals surface area contributed by atoms with E-state index >= 15 is 0 Å². The minimum Gasteiger partial charge on any atom is -0.0648 e. The number of hydrogen-bond acceptors (Lipinski definition) is 0. The van der Waals surface area contributed by atoms with E-state index in [4.69, 9.17) is 0 Å². The van der Waals surface area contributed by atoms with Crippen LogP contribution in [0, 0.1) is 17.3 Å². The van der Waals surface area contributed by atoms with Crippen LogP contribution >= 0.6 is 0 Å². The van der Waals surface area contributed by atoms with Crippen molar-refractivity contribution in [3.05, 3.63) is 23.3 Å². The summed E-state index contributed by atoms with van der Waals surface area (Å²) in [5.74, 6) is 1.44. The van der Waals surface area contributed by atoms with E-state index < -0.39 is 0 Å². The second-order valence-electron chi connectivity index (χ2n) is 5.49. The molecule has 0 saturated heterocycles. The zero-order valence-electron chi connectivity index (χ0n) is 11.2. The maximum atomic E-state index is 2.38. The van der Waals surface area contributed by atoms with E-state index in [0.717, 1.165) is 11.8 Å². The molecule has 0 nitrogen and oxygen atoms in total. The van der Waals surface area contributed by atoms with Crippen LogP contribution in [0.5, 0.6) is 0 Å². The Bertz CT molecular complexity index is 250. The molecule has 1 aliphatic rings. The molecule has 0 spiro atoms. The zero-order chi connectivity index (χ0) is 11.6. The fourth-order valence-corrected chi connectivity index (χ4v) is 2.76. The van der Waals surface area contributed by atoms with Crippen LogP contribution in [0.1, 0.15) is 54.4 Å². The first kappa shape index (κ1) is 12.5. The molecule has 0 fully saturated rings. The Labute approximate surface area is 95.5 Å². The average molecular weight is 206 g/mol. The monoisotopic (exact) mass is 206 g/mol. The van der Waals surface area contributed by atoms with Crippen LogP contribution in [-0.4, -0.2) is 0 Å². The van der Waals surface area contributed by atoms with Gasteiger partial charge in [0.1, 0.15) is 0 Å². The normalized spacial score (nSPS) is 23.3. The van der Waals surface area contributed by atoms with E-state index in [1.54, 1.807) is 11.1 Å². The maximum absolute atomic E-state index is 2.38. The van der Waals surface area contributed by atoms with Gasteiger partial charge in [0.15, 0.2) is 0 Å². The van der Waals surface area contributed by atoms with E-state index in [2.05, 4.69) is 53.7 Å². The minimum atomic E-state index is 0.296.